The zero-order chi connectivity index (χ0) is 9.26. The number of likely N-dealkylation sites (tertiary alicyclic amines) is 1. The van der Waals surface area contributed by atoms with Crippen molar-refractivity contribution in [1.82, 2.24) is 4.90 Å². The first-order valence-electron chi connectivity index (χ1n) is 5.21. The number of carbonyl (C=O) groups is 1. The van der Waals surface area contributed by atoms with Crippen molar-refractivity contribution in [2.75, 3.05) is 13.1 Å². The Morgan fingerprint density at radius 2 is 2.15 bits per heavy atom. The van der Waals surface area contributed by atoms with Crippen molar-refractivity contribution in [3.8, 4) is 0 Å². The van der Waals surface area contributed by atoms with Gasteiger partial charge in [0.15, 0.2) is 0 Å². The van der Waals surface area contributed by atoms with Gasteiger partial charge in [-0.2, -0.15) is 0 Å². The van der Waals surface area contributed by atoms with E-state index in [0.717, 1.165) is 13.0 Å². The SMILES string of the molecule is O=C(CC1CCC1)N1CCC(O)C1. The average Bonchev–Trinajstić information content (AvgIpc) is 2.44. The number of hydrogen-bond acceptors (Lipinski definition) is 2. The van der Waals surface area contributed by atoms with Crippen molar-refractivity contribution in [3.05, 3.63) is 0 Å². The molecular formula is C10H17NO2. The maximum Gasteiger partial charge on any atom is 0.222 e. The summed E-state index contributed by atoms with van der Waals surface area (Å²) in [5.74, 6) is 0.895. The molecule has 3 heteroatoms. The normalized spacial score (nSPS) is 29.0. The van der Waals surface area contributed by atoms with E-state index in [1.165, 1.54) is 19.3 Å². The lowest BCUT2D eigenvalue weighted by Gasteiger charge is -2.26. The van der Waals surface area contributed by atoms with Gasteiger partial charge >= 0.3 is 0 Å². The monoisotopic (exact) mass is 183 g/mol. The molecule has 1 heterocycles. The van der Waals surface area contributed by atoms with Crippen LogP contribution in [0.2, 0.25) is 0 Å². The maximum atomic E-state index is 11.6. The van der Waals surface area contributed by atoms with Gasteiger partial charge in [-0.25, -0.2) is 0 Å². The molecule has 0 aromatic rings. The Morgan fingerprint density at radius 1 is 1.38 bits per heavy atom. The summed E-state index contributed by atoms with van der Waals surface area (Å²) in [5.41, 5.74) is 0. The Labute approximate surface area is 78.7 Å². The molecule has 1 atom stereocenters. The number of amides is 1. The number of aliphatic hydroxyl groups excluding tert-OH is 1. The molecule has 3 nitrogen and oxygen atoms in total. The fraction of sp³-hybridized carbons (Fsp3) is 0.900. The number of hydrogen-bond donors (Lipinski definition) is 1. The van der Waals surface area contributed by atoms with Crippen LogP contribution in [0.4, 0.5) is 0 Å². The van der Waals surface area contributed by atoms with Crippen LogP contribution in [0, 0.1) is 5.92 Å². The molecular weight excluding hydrogens is 166 g/mol. The van der Waals surface area contributed by atoms with E-state index in [4.69, 9.17) is 0 Å². The Bertz CT molecular complexity index is 201. The topological polar surface area (TPSA) is 40.5 Å². The van der Waals surface area contributed by atoms with Crippen LogP contribution in [-0.4, -0.2) is 35.1 Å². The van der Waals surface area contributed by atoms with Crippen LogP contribution in [-0.2, 0) is 4.79 Å². The van der Waals surface area contributed by atoms with Crippen LogP contribution in [0.15, 0.2) is 0 Å². The zero-order valence-corrected chi connectivity index (χ0v) is 7.91. The Morgan fingerprint density at radius 3 is 2.62 bits per heavy atom. The summed E-state index contributed by atoms with van der Waals surface area (Å²) >= 11 is 0. The van der Waals surface area contributed by atoms with Crippen LogP contribution < -0.4 is 0 Å². The Kier molecular flexibility index (Phi) is 2.54. The third kappa shape index (κ3) is 2.02. The number of carbonyl (C=O) groups excluding carboxylic acids is 1. The molecule has 2 fully saturated rings. The molecule has 2 aliphatic rings. The molecule has 1 saturated heterocycles. The minimum atomic E-state index is -0.273. The second kappa shape index (κ2) is 3.66. The minimum absolute atomic E-state index is 0.251. The predicted octanol–water partition coefficient (Wildman–Crippen LogP) is 0.770. The molecule has 0 aromatic carbocycles. The van der Waals surface area contributed by atoms with E-state index in [-0.39, 0.29) is 12.0 Å². The van der Waals surface area contributed by atoms with E-state index in [9.17, 15) is 9.90 Å². The highest BCUT2D eigenvalue weighted by atomic mass is 16.3. The molecule has 0 bridgehead atoms. The van der Waals surface area contributed by atoms with E-state index in [0.29, 0.717) is 18.9 Å². The minimum Gasteiger partial charge on any atom is -0.391 e. The summed E-state index contributed by atoms with van der Waals surface area (Å²) in [6.07, 6.45) is 4.94. The van der Waals surface area contributed by atoms with E-state index in [1.807, 2.05) is 4.90 Å². The molecule has 1 aliphatic carbocycles. The Balaban J connectivity index is 1.76. The van der Waals surface area contributed by atoms with Crippen LogP contribution >= 0.6 is 0 Å². The molecule has 0 radical (unpaired) electrons. The largest absolute Gasteiger partial charge is 0.391 e. The van der Waals surface area contributed by atoms with Crippen LogP contribution in [0.25, 0.3) is 0 Å². The van der Waals surface area contributed by atoms with E-state index >= 15 is 0 Å². The lowest BCUT2D eigenvalue weighted by molar-refractivity contribution is -0.132. The first kappa shape index (κ1) is 9.00. The summed E-state index contributed by atoms with van der Waals surface area (Å²) in [4.78, 5) is 13.4. The van der Waals surface area contributed by atoms with Crippen molar-refractivity contribution < 1.29 is 9.90 Å². The molecule has 1 amide bonds. The molecule has 0 aromatic heterocycles. The van der Waals surface area contributed by atoms with Crippen LogP contribution in [0.5, 0.6) is 0 Å². The molecule has 1 unspecified atom stereocenters. The quantitative estimate of drug-likeness (QED) is 0.687. The molecule has 1 aliphatic heterocycles. The molecule has 1 saturated carbocycles. The maximum absolute atomic E-state index is 11.6. The smallest absolute Gasteiger partial charge is 0.222 e. The third-order valence-electron chi connectivity index (χ3n) is 3.20. The first-order valence-corrected chi connectivity index (χ1v) is 5.21. The standard InChI is InChI=1S/C10H17NO2/c12-9-4-5-11(7-9)10(13)6-8-2-1-3-8/h8-9,12H,1-7H2. The van der Waals surface area contributed by atoms with Gasteiger partial charge in [0, 0.05) is 19.5 Å². The van der Waals surface area contributed by atoms with Crippen LogP contribution in [0.1, 0.15) is 32.1 Å². The van der Waals surface area contributed by atoms with Gasteiger partial charge in [-0.15, -0.1) is 0 Å². The van der Waals surface area contributed by atoms with Gasteiger partial charge in [0.2, 0.25) is 5.91 Å². The highest BCUT2D eigenvalue weighted by Gasteiger charge is 2.28. The third-order valence-corrected chi connectivity index (χ3v) is 3.20. The predicted molar refractivity (Wildman–Crippen MR) is 49.2 cm³/mol. The second-order valence-corrected chi connectivity index (χ2v) is 4.28. The molecule has 0 spiro atoms. The molecule has 13 heavy (non-hydrogen) atoms. The summed E-state index contributed by atoms with van der Waals surface area (Å²) in [6, 6.07) is 0. The van der Waals surface area contributed by atoms with Crippen molar-refractivity contribution >= 4 is 5.91 Å². The Hall–Kier alpha value is -0.570. The van der Waals surface area contributed by atoms with Gasteiger partial charge in [0.05, 0.1) is 6.10 Å². The second-order valence-electron chi connectivity index (χ2n) is 4.28. The summed E-state index contributed by atoms with van der Waals surface area (Å²) < 4.78 is 0. The van der Waals surface area contributed by atoms with E-state index < -0.39 is 0 Å². The van der Waals surface area contributed by atoms with Crippen molar-refractivity contribution in [1.29, 1.82) is 0 Å². The number of aliphatic hydroxyl groups is 1. The molecule has 2 rings (SSSR count). The summed E-state index contributed by atoms with van der Waals surface area (Å²) in [7, 11) is 0. The van der Waals surface area contributed by atoms with Crippen molar-refractivity contribution in [2.24, 2.45) is 5.92 Å². The fourth-order valence-electron chi connectivity index (χ4n) is 2.04. The van der Waals surface area contributed by atoms with Gasteiger partial charge < -0.3 is 10.0 Å². The van der Waals surface area contributed by atoms with Crippen molar-refractivity contribution in [3.63, 3.8) is 0 Å². The summed E-state index contributed by atoms with van der Waals surface area (Å²) in [6.45, 7) is 1.32. The van der Waals surface area contributed by atoms with Gasteiger partial charge in [-0.3, -0.25) is 4.79 Å². The average molecular weight is 183 g/mol. The van der Waals surface area contributed by atoms with Gasteiger partial charge in [-0.1, -0.05) is 6.42 Å². The number of nitrogens with zero attached hydrogens (tertiary/aromatic N) is 1. The van der Waals surface area contributed by atoms with Gasteiger partial charge in [0.1, 0.15) is 0 Å². The molecule has 74 valence electrons. The van der Waals surface area contributed by atoms with E-state index in [1.54, 1.807) is 0 Å². The highest BCUT2D eigenvalue weighted by Crippen LogP contribution is 2.30. The van der Waals surface area contributed by atoms with Gasteiger partial charge in [0.25, 0.3) is 0 Å². The highest BCUT2D eigenvalue weighted by molar-refractivity contribution is 5.76. The van der Waals surface area contributed by atoms with E-state index in [2.05, 4.69) is 0 Å². The summed E-state index contributed by atoms with van der Waals surface area (Å²) in [5, 5.41) is 9.26. The lowest BCUT2D eigenvalue weighted by Crippen LogP contribution is -2.32. The number of rotatable bonds is 2. The van der Waals surface area contributed by atoms with Gasteiger partial charge in [-0.05, 0) is 25.2 Å². The van der Waals surface area contributed by atoms with Crippen molar-refractivity contribution in [2.45, 2.75) is 38.2 Å². The fourth-order valence-corrected chi connectivity index (χ4v) is 2.04. The van der Waals surface area contributed by atoms with Crippen LogP contribution in [0.3, 0.4) is 0 Å². The number of β-amino-alcohol motifs (C(OH)–C–C–N with tert-alkyl or cyclic N) is 1. The zero-order valence-electron chi connectivity index (χ0n) is 7.91. The first-order chi connectivity index (χ1) is 6.25. The molecule has 1 N–H and O–H groups in total. The lowest BCUT2D eigenvalue weighted by atomic mass is 9.83.